The van der Waals surface area contributed by atoms with Gasteiger partial charge in [-0.3, -0.25) is 4.79 Å². The molecule has 3 atom stereocenters. The van der Waals surface area contributed by atoms with Gasteiger partial charge in [-0.15, -0.1) is 0 Å². The summed E-state index contributed by atoms with van der Waals surface area (Å²) in [4.78, 5) is 12.2. The molecule has 4 nitrogen and oxygen atoms in total. The van der Waals surface area contributed by atoms with Crippen LogP contribution in [0.4, 0.5) is 5.69 Å². The number of anilines is 1. The lowest BCUT2D eigenvalue weighted by atomic mass is 9.81. The minimum absolute atomic E-state index is 0.104. The minimum atomic E-state index is 0.104. The summed E-state index contributed by atoms with van der Waals surface area (Å²) in [7, 11) is 0. The zero-order valence-electron chi connectivity index (χ0n) is 11.7. The Balaban J connectivity index is 1.57. The summed E-state index contributed by atoms with van der Waals surface area (Å²) in [6.07, 6.45) is 5.25. The van der Waals surface area contributed by atoms with Crippen molar-refractivity contribution in [2.24, 2.45) is 5.92 Å². The van der Waals surface area contributed by atoms with Crippen LogP contribution in [0.3, 0.4) is 0 Å². The summed E-state index contributed by atoms with van der Waals surface area (Å²) in [5.41, 5.74) is 7.39. The SMILES string of the molecule is Nc1ccc(CC(=O)NC2CCCC3OCCC23)cc1. The first-order valence-corrected chi connectivity index (χ1v) is 7.48. The molecule has 0 bridgehead atoms. The standard InChI is InChI=1S/C16H22N2O2/c17-12-6-4-11(5-7-12)10-16(19)18-14-2-1-3-15-13(14)8-9-20-15/h4-7,13-15H,1-3,8-10,17H2,(H,18,19). The number of benzene rings is 1. The smallest absolute Gasteiger partial charge is 0.224 e. The fourth-order valence-corrected chi connectivity index (χ4v) is 3.43. The topological polar surface area (TPSA) is 64.4 Å². The molecule has 1 saturated carbocycles. The molecule has 0 spiro atoms. The van der Waals surface area contributed by atoms with Crippen molar-refractivity contribution in [1.82, 2.24) is 5.32 Å². The summed E-state index contributed by atoms with van der Waals surface area (Å²) in [5, 5.41) is 3.20. The second-order valence-corrected chi connectivity index (χ2v) is 5.89. The maximum atomic E-state index is 12.2. The molecule has 3 unspecified atom stereocenters. The lowest BCUT2D eigenvalue weighted by Crippen LogP contribution is -2.46. The summed E-state index contributed by atoms with van der Waals surface area (Å²) in [5.74, 6) is 0.617. The molecule has 4 heteroatoms. The van der Waals surface area contributed by atoms with Crippen molar-refractivity contribution in [3.63, 3.8) is 0 Å². The zero-order chi connectivity index (χ0) is 13.9. The Hall–Kier alpha value is -1.55. The van der Waals surface area contributed by atoms with E-state index in [1.165, 1.54) is 0 Å². The van der Waals surface area contributed by atoms with Gasteiger partial charge in [0.25, 0.3) is 0 Å². The van der Waals surface area contributed by atoms with Crippen LogP contribution >= 0.6 is 0 Å². The highest BCUT2D eigenvalue weighted by Crippen LogP contribution is 2.34. The van der Waals surface area contributed by atoms with Crippen LogP contribution < -0.4 is 11.1 Å². The summed E-state index contributed by atoms with van der Waals surface area (Å²) >= 11 is 0. The maximum Gasteiger partial charge on any atom is 0.224 e. The first-order chi connectivity index (χ1) is 9.72. The van der Waals surface area contributed by atoms with Crippen molar-refractivity contribution in [1.29, 1.82) is 0 Å². The zero-order valence-corrected chi connectivity index (χ0v) is 11.7. The van der Waals surface area contributed by atoms with Crippen LogP contribution in [0.15, 0.2) is 24.3 Å². The Morgan fingerprint density at radius 3 is 2.85 bits per heavy atom. The lowest BCUT2D eigenvalue weighted by molar-refractivity contribution is -0.122. The highest BCUT2D eigenvalue weighted by Gasteiger charge is 2.38. The van der Waals surface area contributed by atoms with E-state index in [4.69, 9.17) is 10.5 Å². The number of hydrogen-bond donors (Lipinski definition) is 2. The molecule has 20 heavy (non-hydrogen) atoms. The average Bonchev–Trinajstić information content (AvgIpc) is 2.91. The molecule has 1 amide bonds. The molecule has 0 radical (unpaired) electrons. The van der Waals surface area contributed by atoms with Crippen molar-refractivity contribution in [3.8, 4) is 0 Å². The molecule has 2 aliphatic rings. The van der Waals surface area contributed by atoms with E-state index in [1.54, 1.807) is 0 Å². The van der Waals surface area contributed by atoms with Gasteiger partial charge in [-0.05, 0) is 43.4 Å². The van der Waals surface area contributed by atoms with Crippen LogP contribution in [0.1, 0.15) is 31.2 Å². The summed E-state index contributed by atoms with van der Waals surface area (Å²) in [6, 6.07) is 7.79. The van der Waals surface area contributed by atoms with Gasteiger partial charge in [-0.2, -0.15) is 0 Å². The van der Waals surface area contributed by atoms with Crippen molar-refractivity contribution >= 4 is 11.6 Å². The molecule has 2 fully saturated rings. The number of carbonyl (C=O) groups excluding carboxylic acids is 1. The molecule has 1 saturated heterocycles. The van der Waals surface area contributed by atoms with Crippen LogP contribution in [0.2, 0.25) is 0 Å². The third-order valence-corrected chi connectivity index (χ3v) is 4.47. The van der Waals surface area contributed by atoms with Crippen molar-refractivity contribution < 1.29 is 9.53 Å². The van der Waals surface area contributed by atoms with Gasteiger partial charge in [0.1, 0.15) is 0 Å². The highest BCUT2D eigenvalue weighted by molar-refractivity contribution is 5.79. The van der Waals surface area contributed by atoms with Gasteiger partial charge >= 0.3 is 0 Å². The Morgan fingerprint density at radius 2 is 2.05 bits per heavy atom. The van der Waals surface area contributed by atoms with E-state index in [0.717, 1.165) is 43.5 Å². The first kappa shape index (κ1) is 13.4. The fraction of sp³-hybridized carbons (Fsp3) is 0.562. The van der Waals surface area contributed by atoms with Gasteiger partial charge in [-0.25, -0.2) is 0 Å². The molecule has 1 aliphatic carbocycles. The predicted molar refractivity (Wildman–Crippen MR) is 78.2 cm³/mol. The van der Waals surface area contributed by atoms with Gasteiger partial charge in [0, 0.05) is 24.3 Å². The van der Waals surface area contributed by atoms with Gasteiger partial charge in [0.15, 0.2) is 0 Å². The molecule has 3 N–H and O–H groups in total. The van der Waals surface area contributed by atoms with Crippen molar-refractivity contribution in [2.45, 2.75) is 44.2 Å². The Morgan fingerprint density at radius 1 is 1.25 bits per heavy atom. The van der Waals surface area contributed by atoms with E-state index in [9.17, 15) is 4.79 Å². The van der Waals surface area contributed by atoms with E-state index >= 15 is 0 Å². The second kappa shape index (κ2) is 5.83. The van der Waals surface area contributed by atoms with Crippen LogP contribution in [-0.4, -0.2) is 24.7 Å². The summed E-state index contributed by atoms with van der Waals surface area (Å²) < 4.78 is 5.73. The van der Waals surface area contributed by atoms with E-state index in [1.807, 2.05) is 24.3 Å². The van der Waals surface area contributed by atoms with E-state index in [2.05, 4.69) is 5.32 Å². The van der Waals surface area contributed by atoms with Gasteiger partial charge in [-0.1, -0.05) is 12.1 Å². The fourth-order valence-electron chi connectivity index (χ4n) is 3.43. The summed E-state index contributed by atoms with van der Waals surface area (Å²) in [6.45, 7) is 0.847. The lowest BCUT2D eigenvalue weighted by Gasteiger charge is -2.33. The second-order valence-electron chi connectivity index (χ2n) is 5.89. The van der Waals surface area contributed by atoms with E-state index < -0.39 is 0 Å². The molecule has 1 aromatic rings. The molecule has 3 rings (SSSR count). The van der Waals surface area contributed by atoms with Crippen LogP contribution in [0, 0.1) is 5.92 Å². The molecule has 1 aromatic carbocycles. The molecular weight excluding hydrogens is 252 g/mol. The number of rotatable bonds is 3. The van der Waals surface area contributed by atoms with E-state index in [-0.39, 0.29) is 11.9 Å². The van der Waals surface area contributed by atoms with Crippen LogP contribution in [0.25, 0.3) is 0 Å². The number of fused-ring (bicyclic) bond motifs is 1. The molecule has 108 valence electrons. The monoisotopic (exact) mass is 274 g/mol. The number of hydrogen-bond acceptors (Lipinski definition) is 3. The number of nitrogen functional groups attached to an aromatic ring is 1. The number of nitrogens with one attached hydrogen (secondary N) is 1. The molecule has 1 heterocycles. The van der Waals surface area contributed by atoms with Gasteiger partial charge in [0.2, 0.25) is 5.91 Å². The Kier molecular flexibility index (Phi) is 3.92. The van der Waals surface area contributed by atoms with E-state index in [0.29, 0.717) is 18.4 Å². The largest absolute Gasteiger partial charge is 0.399 e. The molecular formula is C16H22N2O2. The highest BCUT2D eigenvalue weighted by atomic mass is 16.5. The normalized spacial score (nSPS) is 28.9. The maximum absolute atomic E-state index is 12.2. The van der Waals surface area contributed by atoms with Gasteiger partial charge in [0.05, 0.1) is 12.5 Å². The number of ether oxygens (including phenoxy) is 1. The number of amides is 1. The van der Waals surface area contributed by atoms with Crippen LogP contribution in [-0.2, 0) is 16.0 Å². The third-order valence-electron chi connectivity index (χ3n) is 4.47. The van der Waals surface area contributed by atoms with Crippen molar-refractivity contribution in [3.05, 3.63) is 29.8 Å². The Labute approximate surface area is 119 Å². The average molecular weight is 274 g/mol. The van der Waals surface area contributed by atoms with Gasteiger partial charge < -0.3 is 15.8 Å². The predicted octanol–water partition coefficient (Wildman–Crippen LogP) is 1.89. The number of nitrogens with two attached hydrogens (primary N) is 1. The van der Waals surface area contributed by atoms with Crippen molar-refractivity contribution in [2.75, 3.05) is 12.3 Å². The van der Waals surface area contributed by atoms with Crippen LogP contribution in [0.5, 0.6) is 0 Å². The molecule has 0 aromatic heterocycles. The Bertz CT molecular complexity index is 472. The minimum Gasteiger partial charge on any atom is -0.399 e. The number of carbonyl (C=O) groups is 1. The quantitative estimate of drug-likeness (QED) is 0.827. The third kappa shape index (κ3) is 2.96. The first-order valence-electron chi connectivity index (χ1n) is 7.48. The molecule has 1 aliphatic heterocycles.